The van der Waals surface area contributed by atoms with E-state index in [-0.39, 0.29) is 11.9 Å². The number of hydrogen-bond acceptors (Lipinski definition) is 1. The molecule has 1 amide bonds. The smallest absolute Gasteiger partial charge is 0.224 e. The van der Waals surface area contributed by atoms with Gasteiger partial charge in [-0.15, -0.1) is 0 Å². The van der Waals surface area contributed by atoms with Crippen molar-refractivity contribution in [1.82, 2.24) is 5.32 Å². The second-order valence-corrected chi connectivity index (χ2v) is 5.52. The molecule has 1 atom stereocenters. The maximum Gasteiger partial charge on any atom is 0.224 e. The molecule has 0 aliphatic heterocycles. The first-order chi connectivity index (χ1) is 9.54. The van der Waals surface area contributed by atoms with Gasteiger partial charge in [0.1, 0.15) is 0 Å². The monoisotopic (exact) mass is 307 g/mol. The Kier molecular flexibility index (Phi) is 5.05. The van der Waals surface area contributed by atoms with E-state index < -0.39 is 0 Å². The first kappa shape index (κ1) is 14.9. The predicted molar refractivity (Wildman–Crippen MR) is 83.2 cm³/mol. The molecule has 0 bridgehead atoms. The van der Waals surface area contributed by atoms with Crippen LogP contribution >= 0.6 is 23.2 Å². The van der Waals surface area contributed by atoms with Gasteiger partial charge in [0.05, 0.1) is 12.5 Å². The van der Waals surface area contributed by atoms with Gasteiger partial charge in [0, 0.05) is 10.0 Å². The molecule has 0 unspecified atom stereocenters. The fourth-order valence-corrected chi connectivity index (χ4v) is 2.26. The van der Waals surface area contributed by atoms with E-state index in [1.807, 2.05) is 43.3 Å². The Labute approximate surface area is 128 Å². The Bertz CT molecular complexity index is 596. The maximum atomic E-state index is 12.0. The molecule has 0 saturated heterocycles. The van der Waals surface area contributed by atoms with Crippen molar-refractivity contribution in [1.29, 1.82) is 0 Å². The van der Waals surface area contributed by atoms with Crippen molar-refractivity contribution in [2.24, 2.45) is 0 Å². The number of carbonyl (C=O) groups excluding carboxylic acids is 1. The van der Waals surface area contributed by atoms with Crippen LogP contribution in [0.1, 0.15) is 24.1 Å². The van der Waals surface area contributed by atoms with E-state index in [1.165, 1.54) is 0 Å². The number of nitrogens with one attached hydrogen (secondary N) is 1. The van der Waals surface area contributed by atoms with Crippen molar-refractivity contribution in [3.8, 4) is 0 Å². The number of halogens is 2. The van der Waals surface area contributed by atoms with Crippen molar-refractivity contribution >= 4 is 29.1 Å². The van der Waals surface area contributed by atoms with Gasteiger partial charge in [-0.05, 0) is 42.3 Å². The Morgan fingerprint density at radius 3 is 2.45 bits per heavy atom. The quantitative estimate of drug-likeness (QED) is 0.890. The van der Waals surface area contributed by atoms with Gasteiger partial charge in [-0.2, -0.15) is 0 Å². The van der Waals surface area contributed by atoms with E-state index in [9.17, 15) is 4.79 Å². The Balaban J connectivity index is 1.95. The largest absolute Gasteiger partial charge is 0.349 e. The molecule has 2 aromatic carbocycles. The fourth-order valence-electron chi connectivity index (χ4n) is 1.94. The Morgan fingerprint density at radius 2 is 1.80 bits per heavy atom. The molecule has 0 aromatic heterocycles. The maximum absolute atomic E-state index is 12.0. The van der Waals surface area contributed by atoms with Gasteiger partial charge in [-0.25, -0.2) is 0 Å². The summed E-state index contributed by atoms with van der Waals surface area (Å²) in [5, 5.41) is 4.29. The van der Waals surface area contributed by atoms with Crippen LogP contribution in [0.15, 0.2) is 48.5 Å². The zero-order chi connectivity index (χ0) is 14.5. The minimum absolute atomic E-state index is 0.0280. The molecule has 104 valence electrons. The summed E-state index contributed by atoms with van der Waals surface area (Å²) >= 11 is 11.8. The van der Waals surface area contributed by atoms with Gasteiger partial charge in [0.2, 0.25) is 5.91 Å². The molecule has 0 spiro atoms. The van der Waals surface area contributed by atoms with Crippen molar-refractivity contribution in [3.63, 3.8) is 0 Å². The standard InChI is InChI=1S/C16H15Cl2NO/c1-11(13-3-2-4-15(18)10-13)19-16(20)9-12-5-7-14(17)8-6-12/h2-8,10-11H,9H2,1H3,(H,19,20)/t11-/m0/s1. The molecule has 20 heavy (non-hydrogen) atoms. The van der Waals surface area contributed by atoms with Gasteiger partial charge in [-0.3, -0.25) is 4.79 Å². The highest BCUT2D eigenvalue weighted by atomic mass is 35.5. The summed E-state index contributed by atoms with van der Waals surface area (Å²) in [6.45, 7) is 1.94. The van der Waals surface area contributed by atoms with Gasteiger partial charge in [0.15, 0.2) is 0 Å². The lowest BCUT2D eigenvalue weighted by atomic mass is 10.1. The van der Waals surface area contributed by atoms with Gasteiger partial charge in [0.25, 0.3) is 0 Å². The van der Waals surface area contributed by atoms with Crippen LogP contribution in [-0.2, 0) is 11.2 Å². The molecule has 0 fully saturated rings. The zero-order valence-electron chi connectivity index (χ0n) is 11.1. The third-order valence-electron chi connectivity index (χ3n) is 3.00. The number of hydrogen-bond donors (Lipinski definition) is 1. The van der Waals surface area contributed by atoms with Gasteiger partial charge < -0.3 is 5.32 Å². The molecule has 1 N–H and O–H groups in total. The number of amides is 1. The molecule has 0 aliphatic carbocycles. The second kappa shape index (κ2) is 6.78. The van der Waals surface area contributed by atoms with Crippen molar-refractivity contribution in [2.45, 2.75) is 19.4 Å². The van der Waals surface area contributed by atoms with Crippen molar-refractivity contribution < 1.29 is 4.79 Å². The average molecular weight is 308 g/mol. The van der Waals surface area contributed by atoms with Crippen LogP contribution < -0.4 is 5.32 Å². The first-order valence-corrected chi connectivity index (χ1v) is 7.09. The molecule has 0 saturated carbocycles. The Morgan fingerprint density at radius 1 is 1.10 bits per heavy atom. The fraction of sp³-hybridized carbons (Fsp3) is 0.188. The molecule has 2 nitrogen and oxygen atoms in total. The third-order valence-corrected chi connectivity index (χ3v) is 3.49. The highest BCUT2D eigenvalue weighted by Gasteiger charge is 2.10. The summed E-state index contributed by atoms with van der Waals surface area (Å²) in [6.07, 6.45) is 0.335. The van der Waals surface area contributed by atoms with Gasteiger partial charge in [-0.1, -0.05) is 47.5 Å². The molecular weight excluding hydrogens is 293 g/mol. The lowest BCUT2D eigenvalue weighted by Gasteiger charge is -2.14. The first-order valence-electron chi connectivity index (χ1n) is 6.34. The highest BCUT2D eigenvalue weighted by molar-refractivity contribution is 6.30. The van der Waals surface area contributed by atoms with Crippen molar-refractivity contribution in [3.05, 3.63) is 69.7 Å². The van der Waals surface area contributed by atoms with E-state index in [4.69, 9.17) is 23.2 Å². The van der Waals surface area contributed by atoms with E-state index in [1.54, 1.807) is 12.1 Å². The summed E-state index contributed by atoms with van der Waals surface area (Å²) in [7, 11) is 0. The van der Waals surface area contributed by atoms with E-state index >= 15 is 0 Å². The van der Waals surface area contributed by atoms with Crippen LogP contribution in [0.5, 0.6) is 0 Å². The van der Waals surface area contributed by atoms with Crippen LogP contribution in [0, 0.1) is 0 Å². The molecular formula is C16H15Cl2NO. The summed E-state index contributed by atoms with van der Waals surface area (Å²) < 4.78 is 0. The van der Waals surface area contributed by atoms with Crippen LogP contribution in [0.4, 0.5) is 0 Å². The average Bonchev–Trinajstić information content (AvgIpc) is 2.41. The minimum atomic E-state index is -0.0755. The van der Waals surface area contributed by atoms with Crippen molar-refractivity contribution in [2.75, 3.05) is 0 Å². The predicted octanol–water partition coefficient (Wildman–Crippen LogP) is 4.41. The number of benzene rings is 2. The normalized spacial score (nSPS) is 11.9. The van der Waals surface area contributed by atoms with Crippen LogP contribution in [0.3, 0.4) is 0 Å². The lowest BCUT2D eigenvalue weighted by molar-refractivity contribution is -0.121. The van der Waals surface area contributed by atoms with E-state index in [0.717, 1.165) is 11.1 Å². The van der Waals surface area contributed by atoms with E-state index in [2.05, 4.69) is 5.32 Å². The van der Waals surface area contributed by atoms with E-state index in [0.29, 0.717) is 16.5 Å². The second-order valence-electron chi connectivity index (χ2n) is 4.65. The summed E-state index contributed by atoms with van der Waals surface area (Å²) in [6, 6.07) is 14.7. The number of carbonyl (C=O) groups is 1. The minimum Gasteiger partial charge on any atom is -0.349 e. The molecule has 4 heteroatoms. The van der Waals surface area contributed by atoms with Crippen LogP contribution in [-0.4, -0.2) is 5.91 Å². The molecule has 0 radical (unpaired) electrons. The molecule has 0 heterocycles. The zero-order valence-corrected chi connectivity index (χ0v) is 12.6. The summed E-state index contributed by atoms with van der Waals surface area (Å²) in [5.74, 6) is -0.0280. The summed E-state index contributed by atoms with van der Waals surface area (Å²) in [5.41, 5.74) is 1.92. The van der Waals surface area contributed by atoms with Crippen LogP contribution in [0.25, 0.3) is 0 Å². The topological polar surface area (TPSA) is 29.1 Å². The van der Waals surface area contributed by atoms with Gasteiger partial charge >= 0.3 is 0 Å². The molecule has 0 aliphatic rings. The number of rotatable bonds is 4. The van der Waals surface area contributed by atoms with Crippen LogP contribution in [0.2, 0.25) is 10.0 Å². The third kappa shape index (κ3) is 4.26. The Hall–Kier alpha value is -1.51. The highest BCUT2D eigenvalue weighted by Crippen LogP contribution is 2.17. The lowest BCUT2D eigenvalue weighted by Crippen LogP contribution is -2.28. The molecule has 2 aromatic rings. The molecule has 2 rings (SSSR count). The SMILES string of the molecule is C[C@H](NC(=O)Cc1ccc(Cl)cc1)c1cccc(Cl)c1. The summed E-state index contributed by atoms with van der Waals surface area (Å²) in [4.78, 5) is 12.0.